The molecule has 0 bridgehead atoms. The third-order valence-corrected chi connectivity index (χ3v) is 7.25. The minimum absolute atomic E-state index is 0.0782. The zero-order chi connectivity index (χ0) is 29.2. The van der Waals surface area contributed by atoms with Crippen LogP contribution in [0, 0.1) is 0 Å². The third-order valence-electron chi connectivity index (χ3n) is 7.25. The molecule has 0 aliphatic rings. The largest absolute Gasteiger partial charge is 0.489 e. The molecule has 0 atom stereocenters. The molecule has 0 spiro atoms. The van der Waals surface area contributed by atoms with Crippen LogP contribution in [0.5, 0.6) is 11.5 Å². The molecule has 5 heteroatoms. The lowest BCUT2D eigenvalue weighted by atomic mass is 10.1. The fraction of sp³-hybridized carbons (Fsp3) is 0.629. The van der Waals surface area contributed by atoms with Crippen molar-refractivity contribution in [3.63, 3.8) is 0 Å². The summed E-state index contributed by atoms with van der Waals surface area (Å²) in [5.74, 6) is 0.984. The Labute approximate surface area is 244 Å². The summed E-state index contributed by atoms with van der Waals surface area (Å²) in [5.41, 5.74) is 4.58. The Morgan fingerprint density at radius 2 is 1.50 bits per heavy atom. The van der Waals surface area contributed by atoms with Gasteiger partial charge in [0.15, 0.2) is 5.75 Å². The van der Waals surface area contributed by atoms with Gasteiger partial charge < -0.3 is 19.4 Å². The lowest BCUT2D eigenvalue weighted by molar-refractivity contribution is 0.258. The smallest absolute Gasteiger partial charge is 0.297 e. The predicted octanol–water partition coefficient (Wildman–Crippen LogP) is 9.82. The van der Waals surface area contributed by atoms with Gasteiger partial charge in [0.05, 0.1) is 18.7 Å². The van der Waals surface area contributed by atoms with E-state index in [1.807, 2.05) is 4.57 Å². The molecule has 40 heavy (non-hydrogen) atoms. The second-order valence-electron chi connectivity index (χ2n) is 11.3. The Balaban J connectivity index is 2.33. The van der Waals surface area contributed by atoms with Crippen LogP contribution >= 0.6 is 0 Å². The van der Waals surface area contributed by atoms with Gasteiger partial charge in [0.2, 0.25) is 5.75 Å². The molecule has 0 saturated heterocycles. The molecule has 1 N–H and O–H groups in total. The lowest BCUT2D eigenvalue weighted by Gasteiger charge is -2.19. The van der Waals surface area contributed by atoms with E-state index in [0.717, 1.165) is 74.5 Å². The van der Waals surface area contributed by atoms with Gasteiger partial charge in [-0.3, -0.25) is 4.79 Å². The standard InChI is InChI=1S/C35H56N2O3/c1-7-10-13-14-15-16-26-40-34-33(39-25-12-9-3)31-21-20-30(27-32(31)37(35(34)38)24-11-8-2)36-23-22-29(6)19-17-18-28(4)5/h18,20-22,27,36H,7-17,19,23-26H2,1-6H3. The Morgan fingerprint density at radius 3 is 2.23 bits per heavy atom. The lowest BCUT2D eigenvalue weighted by Crippen LogP contribution is -2.24. The van der Waals surface area contributed by atoms with Gasteiger partial charge in [-0.25, -0.2) is 0 Å². The highest BCUT2D eigenvalue weighted by atomic mass is 16.5. The molecule has 2 rings (SSSR count). The molecular weight excluding hydrogens is 496 g/mol. The number of allylic oxidation sites excluding steroid dienone is 3. The van der Waals surface area contributed by atoms with Gasteiger partial charge in [-0.1, -0.05) is 89.0 Å². The monoisotopic (exact) mass is 552 g/mol. The third kappa shape index (κ3) is 11.4. The first-order valence-electron chi connectivity index (χ1n) is 15.9. The number of hydrogen-bond donors (Lipinski definition) is 1. The Morgan fingerprint density at radius 1 is 0.825 bits per heavy atom. The van der Waals surface area contributed by atoms with E-state index in [4.69, 9.17) is 9.47 Å². The van der Waals surface area contributed by atoms with E-state index in [9.17, 15) is 4.79 Å². The number of fused-ring (bicyclic) bond motifs is 1. The van der Waals surface area contributed by atoms with Crippen LogP contribution in [0.2, 0.25) is 0 Å². The van der Waals surface area contributed by atoms with Crippen molar-refractivity contribution in [1.82, 2.24) is 4.57 Å². The summed E-state index contributed by atoms with van der Waals surface area (Å²) in [6.07, 6.45) is 17.7. The summed E-state index contributed by atoms with van der Waals surface area (Å²) < 4.78 is 14.4. The fourth-order valence-corrected chi connectivity index (χ4v) is 4.73. The second kappa shape index (κ2) is 19.4. The van der Waals surface area contributed by atoms with Crippen molar-refractivity contribution in [2.75, 3.05) is 25.1 Å². The Hall–Kier alpha value is -2.69. The van der Waals surface area contributed by atoms with E-state index in [0.29, 0.717) is 31.3 Å². The van der Waals surface area contributed by atoms with Crippen molar-refractivity contribution in [3.8, 4) is 11.5 Å². The van der Waals surface area contributed by atoms with Crippen LogP contribution in [0.25, 0.3) is 10.9 Å². The maximum Gasteiger partial charge on any atom is 0.297 e. The molecule has 1 aromatic heterocycles. The number of aromatic nitrogens is 1. The van der Waals surface area contributed by atoms with Crippen molar-refractivity contribution in [1.29, 1.82) is 0 Å². The summed E-state index contributed by atoms with van der Waals surface area (Å²) in [7, 11) is 0. The number of aryl methyl sites for hydroxylation is 1. The Kier molecular flexibility index (Phi) is 16.3. The molecule has 224 valence electrons. The molecule has 1 heterocycles. The molecule has 0 saturated carbocycles. The van der Waals surface area contributed by atoms with Crippen molar-refractivity contribution in [2.24, 2.45) is 0 Å². The van der Waals surface area contributed by atoms with Gasteiger partial charge in [0, 0.05) is 24.2 Å². The molecule has 0 fully saturated rings. The summed E-state index contributed by atoms with van der Waals surface area (Å²) in [6.45, 7) is 15.6. The number of anilines is 1. The Bertz CT molecular complexity index is 1130. The van der Waals surface area contributed by atoms with Crippen molar-refractivity contribution >= 4 is 16.6 Å². The maximum absolute atomic E-state index is 13.8. The number of benzene rings is 1. The first kappa shape index (κ1) is 33.5. The van der Waals surface area contributed by atoms with Gasteiger partial charge in [0.1, 0.15) is 0 Å². The molecule has 0 radical (unpaired) electrons. The summed E-state index contributed by atoms with van der Waals surface area (Å²) >= 11 is 0. The molecule has 2 aromatic rings. The van der Waals surface area contributed by atoms with E-state index in [1.165, 1.54) is 36.8 Å². The molecule has 5 nitrogen and oxygen atoms in total. The summed E-state index contributed by atoms with van der Waals surface area (Å²) in [4.78, 5) is 13.8. The molecule has 0 aliphatic heterocycles. The van der Waals surface area contributed by atoms with Gasteiger partial charge in [-0.05, 0) is 71.1 Å². The average Bonchev–Trinajstić information content (AvgIpc) is 2.93. The van der Waals surface area contributed by atoms with Crippen LogP contribution in [-0.4, -0.2) is 24.3 Å². The summed E-state index contributed by atoms with van der Waals surface area (Å²) in [5, 5.41) is 4.49. The van der Waals surface area contributed by atoms with Crippen LogP contribution in [0.15, 0.2) is 46.3 Å². The second-order valence-corrected chi connectivity index (χ2v) is 11.3. The van der Waals surface area contributed by atoms with Crippen LogP contribution in [0.4, 0.5) is 5.69 Å². The maximum atomic E-state index is 13.8. The van der Waals surface area contributed by atoms with Crippen LogP contribution in [-0.2, 0) is 6.54 Å². The number of unbranched alkanes of at least 4 members (excludes halogenated alkanes) is 7. The fourth-order valence-electron chi connectivity index (χ4n) is 4.73. The van der Waals surface area contributed by atoms with Gasteiger partial charge >= 0.3 is 0 Å². The van der Waals surface area contributed by atoms with Crippen molar-refractivity contribution < 1.29 is 9.47 Å². The number of nitrogens with zero attached hydrogens (tertiary/aromatic N) is 1. The van der Waals surface area contributed by atoms with E-state index in [1.54, 1.807) is 0 Å². The van der Waals surface area contributed by atoms with Crippen molar-refractivity contribution in [2.45, 2.75) is 125 Å². The highest BCUT2D eigenvalue weighted by Gasteiger charge is 2.20. The first-order valence-corrected chi connectivity index (χ1v) is 15.9. The quantitative estimate of drug-likeness (QED) is 0.124. The number of rotatable bonds is 21. The average molecular weight is 553 g/mol. The predicted molar refractivity (Wildman–Crippen MR) is 173 cm³/mol. The molecule has 0 aliphatic carbocycles. The van der Waals surface area contributed by atoms with Crippen molar-refractivity contribution in [3.05, 3.63) is 51.9 Å². The topological polar surface area (TPSA) is 52.5 Å². The molecule has 0 unspecified atom stereocenters. The van der Waals surface area contributed by atoms with Crippen LogP contribution < -0.4 is 20.3 Å². The highest BCUT2D eigenvalue weighted by molar-refractivity contribution is 5.90. The van der Waals surface area contributed by atoms with E-state index in [2.05, 4.69) is 77.2 Å². The minimum Gasteiger partial charge on any atom is -0.489 e. The van der Waals surface area contributed by atoms with E-state index >= 15 is 0 Å². The van der Waals surface area contributed by atoms with Gasteiger partial charge in [-0.15, -0.1) is 0 Å². The zero-order valence-corrected chi connectivity index (χ0v) is 26.4. The normalized spacial score (nSPS) is 11.6. The summed E-state index contributed by atoms with van der Waals surface area (Å²) in [6, 6.07) is 6.28. The van der Waals surface area contributed by atoms with Crippen LogP contribution in [0.3, 0.4) is 0 Å². The number of pyridine rings is 1. The van der Waals surface area contributed by atoms with E-state index < -0.39 is 0 Å². The van der Waals surface area contributed by atoms with E-state index in [-0.39, 0.29) is 5.56 Å². The molecule has 1 aromatic carbocycles. The number of ether oxygens (including phenoxy) is 2. The number of nitrogens with one attached hydrogen (secondary N) is 1. The van der Waals surface area contributed by atoms with Crippen LogP contribution in [0.1, 0.15) is 119 Å². The number of hydrogen-bond acceptors (Lipinski definition) is 4. The molecular formula is C35H56N2O3. The SMILES string of the molecule is CCCCCCCCOc1c(OCCCC)c2ccc(NCC=C(C)CCC=C(C)C)cc2n(CCCC)c1=O. The van der Waals surface area contributed by atoms with Gasteiger partial charge in [-0.2, -0.15) is 0 Å². The highest BCUT2D eigenvalue weighted by Crippen LogP contribution is 2.35. The zero-order valence-electron chi connectivity index (χ0n) is 26.4. The first-order chi connectivity index (χ1) is 19.4. The minimum atomic E-state index is -0.0782. The molecule has 0 amide bonds. The van der Waals surface area contributed by atoms with Gasteiger partial charge in [0.25, 0.3) is 5.56 Å².